The summed E-state index contributed by atoms with van der Waals surface area (Å²) < 4.78 is 0. The first-order valence-electron chi connectivity index (χ1n) is 17.2. The van der Waals surface area contributed by atoms with Gasteiger partial charge in [0.2, 0.25) is 0 Å². The minimum Gasteiger partial charge on any atom is -0.507 e. The highest BCUT2D eigenvalue weighted by molar-refractivity contribution is 5.93. The number of nitrogens with zero attached hydrogens (tertiary/aromatic N) is 2. The van der Waals surface area contributed by atoms with Gasteiger partial charge in [0.25, 0.3) is 0 Å². The summed E-state index contributed by atoms with van der Waals surface area (Å²) in [4.78, 5) is 9.90. The maximum absolute atomic E-state index is 10.7. The molecule has 1 aromatic heterocycles. The summed E-state index contributed by atoms with van der Waals surface area (Å²) in [6, 6.07) is 54.6. The van der Waals surface area contributed by atoms with Crippen LogP contribution in [0.3, 0.4) is 0 Å². The van der Waals surface area contributed by atoms with E-state index in [0.29, 0.717) is 17.1 Å². The van der Waals surface area contributed by atoms with Crippen molar-refractivity contribution < 1.29 is 5.11 Å². The molecule has 6 aromatic carbocycles. The molecule has 0 aliphatic heterocycles. The standard InChI is InChI=1S/C46H34N2O/c49-43-22-8-6-18-38(43)42-30-41(32-13-3-1-4-14-32)47-45(48-42)33-25-23-31(24-26-33)34-15-11-16-35(29-34)36-19-12-21-40-44(36)37-17-5-7-20-39(37)46(40)27-9-2-10-28-46/h1,3-4,6,8,11-26,29-30,49H,2,9-10,27-28H2. The van der Waals surface area contributed by atoms with Crippen molar-refractivity contribution in [3.63, 3.8) is 0 Å². The van der Waals surface area contributed by atoms with Gasteiger partial charge < -0.3 is 5.11 Å². The Labute approximate surface area is 287 Å². The molecule has 0 atom stereocenters. The van der Waals surface area contributed by atoms with Gasteiger partial charge in [0.15, 0.2) is 5.82 Å². The third-order valence-electron chi connectivity index (χ3n) is 10.5. The highest BCUT2D eigenvalue weighted by Gasteiger charge is 2.44. The van der Waals surface area contributed by atoms with Crippen molar-refractivity contribution in [3.8, 4) is 73.0 Å². The van der Waals surface area contributed by atoms with Crippen LogP contribution in [0.1, 0.15) is 43.2 Å². The van der Waals surface area contributed by atoms with Crippen LogP contribution in [0.4, 0.5) is 0 Å². The third kappa shape index (κ3) is 5.00. The number of hydrogen-bond donors (Lipinski definition) is 1. The van der Waals surface area contributed by atoms with Crippen LogP contribution in [0.15, 0.2) is 140 Å². The molecule has 1 fully saturated rings. The number of phenols is 1. The Morgan fingerprint density at radius 1 is 0.490 bits per heavy atom. The second-order valence-corrected chi connectivity index (χ2v) is 13.3. The molecule has 9 rings (SSSR count). The van der Waals surface area contributed by atoms with E-state index in [4.69, 9.17) is 9.97 Å². The predicted molar refractivity (Wildman–Crippen MR) is 198 cm³/mol. The summed E-state index contributed by atoms with van der Waals surface area (Å²) in [5.41, 5.74) is 14.6. The molecule has 234 valence electrons. The minimum absolute atomic E-state index is 0.0942. The van der Waals surface area contributed by atoms with Crippen molar-refractivity contribution in [2.75, 3.05) is 0 Å². The topological polar surface area (TPSA) is 46.0 Å². The molecule has 7 aromatic rings. The van der Waals surface area contributed by atoms with E-state index in [9.17, 15) is 5.11 Å². The molecular formula is C46H34N2O. The van der Waals surface area contributed by atoms with Crippen LogP contribution in [0, 0.1) is 12.1 Å². The Hall–Kier alpha value is -5.98. The minimum atomic E-state index is 0.0942. The monoisotopic (exact) mass is 630 g/mol. The van der Waals surface area contributed by atoms with E-state index >= 15 is 0 Å². The number of phenolic OH excluding ortho intramolecular Hbond substituents is 1. The first-order chi connectivity index (χ1) is 24.2. The zero-order valence-electron chi connectivity index (χ0n) is 27.2. The Bertz CT molecular complexity index is 2320. The van der Waals surface area contributed by atoms with E-state index in [-0.39, 0.29) is 11.2 Å². The lowest BCUT2D eigenvalue weighted by Crippen LogP contribution is -2.27. The number of benzene rings is 5. The van der Waals surface area contributed by atoms with E-state index in [1.807, 2.05) is 54.6 Å². The van der Waals surface area contributed by atoms with Gasteiger partial charge in [-0.1, -0.05) is 135 Å². The Balaban J connectivity index is 1.09. The number of rotatable bonds is 5. The summed E-state index contributed by atoms with van der Waals surface area (Å²) in [5.74, 6) is 0.809. The number of aromatic nitrogens is 2. The van der Waals surface area contributed by atoms with Gasteiger partial charge in [-0.25, -0.2) is 9.97 Å². The third-order valence-corrected chi connectivity index (χ3v) is 10.5. The van der Waals surface area contributed by atoms with Crippen molar-refractivity contribution in [3.05, 3.63) is 163 Å². The Morgan fingerprint density at radius 3 is 2.00 bits per heavy atom. The lowest BCUT2D eigenvalue weighted by atomic mass is 9.68. The van der Waals surface area contributed by atoms with Crippen LogP contribution in [0.25, 0.3) is 67.3 Å². The molecule has 2 aliphatic rings. The first kappa shape index (κ1) is 29.2. The second kappa shape index (κ2) is 11.9. The molecule has 1 saturated carbocycles. The van der Waals surface area contributed by atoms with Crippen LogP contribution in [-0.2, 0) is 5.41 Å². The molecule has 1 heterocycles. The van der Waals surface area contributed by atoms with Gasteiger partial charge in [-0.05, 0) is 93.7 Å². The number of fused-ring (bicyclic) bond motifs is 5. The van der Waals surface area contributed by atoms with Gasteiger partial charge in [0, 0.05) is 22.1 Å². The summed E-state index contributed by atoms with van der Waals surface area (Å²) in [7, 11) is 0. The molecule has 1 spiro atoms. The molecule has 3 heteroatoms. The van der Waals surface area contributed by atoms with Gasteiger partial charge in [0.1, 0.15) is 5.75 Å². The Morgan fingerprint density at radius 2 is 1.16 bits per heavy atom. The highest BCUT2D eigenvalue weighted by Crippen LogP contribution is 2.57. The van der Waals surface area contributed by atoms with Crippen LogP contribution in [0.5, 0.6) is 5.75 Å². The van der Waals surface area contributed by atoms with Crippen molar-refractivity contribution in [2.45, 2.75) is 37.5 Å². The quantitative estimate of drug-likeness (QED) is 0.206. The van der Waals surface area contributed by atoms with Gasteiger partial charge in [-0.2, -0.15) is 0 Å². The zero-order valence-corrected chi connectivity index (χ0v) is 27.2. The fourth-order valence-electron chi connectivity index (χ4n) is 8.15. The van der Waals surface area contributed by atoms with E-state index in [1.54, 1.807) is 6.07 Å². The average Bonchev–Trinajstić information content (AvgIpc) is 3.44. The number of aromatic hydroxyl groups is 1. The van der Waals surface area contributed by atoms with E-state index < -0.39 is 0 Å². The number of hydrogen-bond acceptors (Lipinski definition) is 3. The molecule has 0 bridgehead atoms. The lowest BCUT2D eigenvalue weighted by molar-refractivity contribution is 0.353. The van der Waals surface area contributed by atoms with E-state index in [2.05, 4.69) is 91.0 Å². The largest absolute Gasteiger partial charge is 0.507 e. The fraction of sp³-hybridized carbons (Fsp3) is 0.130. The van der Waals surface area contributed by atoms with Gasteiger partial charge in [0.05, 0.1) is 11.4 Å². The Kier molecular flexibility index (Phi) is 7.10. The predicted octanol–water partition coefficient (Wildman–Crippen LogP) is 11.3. The van der Waals surface area contributed by atoms with Crippen molar-refractivity contribution in [2.24, 2.45) is 0 Å². The smallest absolute Gasteiger partial charge is 0.160 e. The molecule has 2 aliphatic carbocycles. The molecule has 3 nitrogen and oxygen atoms in total. The van der Waals surface area contributed by atoms with Crippen LogP contribution in [0.2, 0.25) is 0 Å². The summed E-state index contributed by atoms with van der Waals surface area (Å²) in [6.07, 6.45) is 6.26. The van der Waals surface area contributed by atoms with Crippen LogP contribution < -0.4 is 0 Å². The molecule has 0 radical (unpaired) electrons. The van der Waals surface area contributed by atoms with Crippen LogP contribution >= 0.6 is 0 Å². The van der Waals surface area contributed by atoms with E-state index in [1.165, 1.54) is 65.5 Å². The second-order valence-electron chi connectivity index (χ2n) is 13.3. The normalized spacial score (nSPS) is 14.2. The maximum atomic E-state index is 10.7. The first-order valence-corrected chi connectivity index (χ1v) is 17.2. The molecule has 0 amide bonds. The zero-order chi connectivity index (χ0) is 32.8. The lowest BCUT2D eigenvalue weighted by Gasteiger charge is -2.35. The fourth-order valence-corrected chi connectivity index (χ4v) is 8.15. The SMILES string of the molecule is Oc1ccccc1-c1cc(-c2ccccc2)nc(-c2ccc(-c3cccc(-c4cccc5c4-c4cc#ccc4C54CCCCC4)c3)cc2)n1. The van der Waals surface area contributed by atoms with Crippen LogP contribution in [-0.4, -0.2) is 15.1 Å². The molecule has 0 unspecified atom stereocenters. The molecule has 1 N–H and O–H groups in total. The van der Waals surface area contributed by atoms with Crippen molar-refractivity contribution in [1.82, 2.24) is 9.97 Å². The van der Waals surface area contributed by atoms with Crippen molar-refractivity contribution in [1.29, 1.82) is 0 Å². The van der Waals surface area contributed by atoms with Crippen molar-refractivity contribution >= 4 is 0 Å². The summed E-state index contributed by atoms with van der Waals surface area (Å²) in [6.45, 7) is 0. The maximum Gasteiger partial charge on any atom is 0.160 e. The summed E-state index contributed by atoms with van der Waals surface area (Å²) in [5, 5.41) is 10.7. The number of para-hydroxylation sites is 1. The molecular weight excluding hydrogens is 597 g/mol. The van der Waals surface area contributed by atoms with Gasteiger partial charge in [-0.3, -0.25) is 0 Å². The van der Waals surface area contributed by atoms with E-state index in [0.717, 1.165) is 27.9 Å². The molecule has 49 heavy (non-hydrogen) atoms. The highest BCUT2D eigenvalue weighted by atomic mass is 16.3. The molecule has 0 saturated heterocycles. The van der Waals surface area contributed by atoms with Gasteiger partial charge in [-0.15, -0.1) is 0 Å². The van der Waals surface area contributed by atoms with Gasteiger partial charge >= 0.3 is 0 Å². The average molecular weight is 631 g/mol. The summed E-state index contributed by atoms with van der Waals surface area (Å²) >= 11 is 0.